The van der Waals surface area contributed by atoms with Crippen LogP contribution in [0.4, 0.5) is 4.39 Å². The summed E-state index contributed by atoms with van der Waals surface area (Å²) in [7, 11) is 0. The molecule has 0 aliphatic heterocycles. The van der Waals surface area contributed by atoms with E-state index in [1.807, 2.05) is 6.08 Å². The number of hydrogen-bond acceptors (Lipinski definition) is 2. The number of hydrogen-bond donors (Lipinski definition) is 1. The molecule has 0 unspecified atom stereocenters. The molecule has 0 aromatic heterocycles. The van der Waals surface area contributed by atoms with E-state index in [0.29, 0.717) is 12.2 Å². The summed E-state index contributed by atoms with van der Waals surface area (Å²) < 4.78 is 19.0. The molecular formula is C13H18FNO. The quantitative estimate of drug-likeness (QED) is 0.594. The van der Waals surface area contributed by atoms with Crippen LogP contribution in [0, 0.1) is 5.82 Å². The van der Waals surface area contributed by atoms with Gasteiger partial charge in [0.1, 0.15) is 0 Å². The predicted molar refractivity (Wildman–Crippen MR) is 63.8 cm³/mol. The van der Waals surface area contributed by atoms with Gasteiger partial charge in [0.2, 0.25) is 0 Å². The zero-order chi connectivity index (χ0) is 11.8. The Morgan fingerprint density at radius 3 is 2.88 bits per heavy atom. The monoisotopic (exact) mass is 223 g/mol. The minimum atomic E-state index is -0.343. The fourth-order valence-electron chi connectivity index (χ4n) is 1.35. The second kappa shape index (κ2) is 7.01. The smallest absolute Gasteiger partial charge is 0.169 e. The summed E-state index contributed by atoms with van der Waals surface area (Å²) in [5.41, 5.74) is 5.89. The lowest BCUT2D eigenvalue weighted by Crippen LogP contribution is -2.03. The molecule has 1 aromatic carbocycles. The van der Waals surface area contributed by atoms with Crippen LogP contribution in [0.3, 0.4) is 0 Å². The molecule has 0 saturated heterocycles. The van der Waals surface area contributed by atoms with Crippen molar-refractivity contribution >= 4 is 0 Å². The minimum Gasteiger partial charge on any atom is -0.490 e. The summed E-state index contributed by atoms with van der Waals surface area (Å²) >= 11 is 0. The SMILES string of the molecule is CCC=CCCOc1cccc(CN)c1F. The highest BCUT2D eigenvalue weighted by Crippen LogP contribution is 2.20. The molecule has 2 nitrogen and oxygen atoms in total. The molecule has 88 valence electrons. The van der Waals surface area contributed by atoms with Crippen molar-refractivity contribution in [3.05, 3.63) is 41.7 Å². The number of halogens is 1. The molecule has 0 bridgehead atoms. The maximum atomic E-state index is 13.6. The topological polar surface area (TPSA) is 35.2 Å². The van der Waals surface area contributed by atoms with Gasteiger partial charge in [0, 0.05) is 12.1 Å². The summed E-state index contributed by atoms with van der Waals surface area (Å²) in [6.07, 6.45) is 5.90. The van der Waals surface area contributed by atoms with Gasteiger partial charge in [-0.15, -0.1) is 0 Å². The second-order valence-electron chi connectivity index (χ2n) is 3.45. The van der Waals surface area contributed by atoms with E-state index in [9.17, 15) is 4.39 Å². The summed E-state index contributed by atoms with van der Waals surface area (Å²) in [6.45, 7) is 2.75. The first-order valence-corrected chi connectivity index (χ1v) is 5.54. The van der Waals surface area contributed by atoms with Gasteiger partial charge in [-0.05, 0) is 18.9 Å². The second-order valence-corrected chi connectivity index (χ2v) is 3.45. The van der Waals surface area contributed by atoms with Gasteiger partial charge in [0.05, 0.1) is 6.61 Å². The predicted octanol–water partition coefficient (Wildman–Crippen LogP) is 3.02. The number of ether oxygens (including phenoxy) is 1. The Hall–Kier alpha value is -1.35. The first-order valence-electron chi connectivity index (χ1n) is 5.54. The van der Waals surface area contributed by atoms with Crippen LogP contribution in [0.5, 0.6) is 5.75 Å². The number of rotatable bonds is 6. The fourth-order valence-corrected chi connectivity index (χ4v) is 1.35. The molecule has 0 saturated carbocycles. The molecule has 0 atom stereocenters. The number of benzene rings is 1. The number of allylic oxidation sites excluding steroid dienone is 1. The van der Waals surface area contributed by atoms with E-state index in [1.165, 1.54) is 0 Å². The summed E-state index contributed by atoms with van der Waals surface area (Å²) in [6, 6.07) is 5.04. The molecule has 0 heterocycles. The molecule has 0 aliphatic rings. The van der Waals surface area contributed by atoms with E-state index < -0.39 is 0 Å². The third-order valence-electron chi connectivity index (χ3n) is 2.21. The molecule has 0 radical (unpaired) electrons. The van der Waals surface area contributed by atoms with Crippen molar-refractivity contribution in [3.63, 3.8) is 0 Å². The minimum absolute atomic E-state index is 0.193. The first kappa shape index (κ1) is 12.7. The fraction of sp³-hybridized carbons (Fsp3) is 0.385. The van der Waals surface area contributed by atoms with E-state index in [-0.39, 0.29) is 18.1 Å². The van der Waals surface area contributed by atoms with Crippen LogP contribution in [0.25, 0.3) is 0 Å². The van der Waals surface area contributed by atoms with Gasteiger partial charge in [-0.1, -0.05) is 31.2 Å². The molecule has 2 N–H and O–H groups in total. The van der Waals surface area contributed by atoms with Crippen LogP contribution < -0.4 is 10.5 Å². The van der Waals surface area contributed by atoms with Crippen LogP contribution in [0.2, 0.25) is 0 Å². The van der Waals surface area contributed by atoms with Crippen LogP contribution in [0.15, 0.2) is 30.4 Å². The van der Waals surface area contributed by atoms with Gasteiger partial charge < -0.3 is 10.5 Å². The highest BCUT2D eigenvalue weighted by Gasteiger charge is 2.06. The Balaban J connectivity index is 2.50. The Morgan fingerprint density at radius 2 is 2.19 bits per heavy atom. The standard InChI is InChI=1S/C13H18FNO/c1-2-3-4-5-9-16-12-8-6-7-11(10-15)13(12)14/h3-4,6-8H,2,5,9-10,15H2,1H3. The Morgan fingerprint density at radius 1 is 1.38 bits per heavy atom. The first-order chi connectivity index (χ1) is 7.79. The van der Waals surface area contributed by atoms with Crippen LogP contribution >= 0.6 is 0 Å². The van der Waals surface area contributed by atoms with E-state index >= 15 is 0 Å². The maximum Gasteiger partial charge on any atom is 0.169 e. The third kappa shape index (κ3) is 3.66. The van der Waals surface area contributed by atoms with Gasteiger partial charge in [-0.2, -0.15) is 0 Å². The molecule has 16 heavy (non-hydrogen) atoms. The lowest BCUT2D eigenvalue weighted by Gasteiger charge is -2.08. The highest BCUT2D eigenvalue weighted by molar-refractivity contribution is 5.30. The lowest BCUT2D eigenvalue weighted by molar-refractivity contribution is 0.306. The summed E-state index contributed by atoms with van der Waals surface area (Å²) in [5.74, 6) is -0.0580. The van der Waals surface area contributed by atoms with Crippen molar-refractivity contribution in [1.82, 2.24) is 0 Å². The van der Waals surface area contributed by atoms with Crippen molar-refractivity contribution in [2.75, 3.05) is 6.61 Å². The Kier molecular flexibility index (Phi) is 5.57. The largest absolute Gasteiger partial charge is 0.490 e. The van der Waals surface area contributed by atoms with Gasteiger partial charge in [-0.3, -0.25) is 0 Å². The Labute approximate surface area is 95.9 Å². The molecular weight excluding hydrogens is 205 g/mol. The van der Waals surface area contributed by atoms with E-state index in [4.69, 9.17) is 10.5 Å². The van der Waals surface area contributed by atoms with Gasteiger partial charge in [0.25, 0.3) is 0 Å². The molecule has 0 amide bonds. The zero-order valence-corrected chi connectivity index (χ0v) is 9.58. The van der Waals surface area contributed by atoms with Gasteiger partial charge in [0.15, 0.2) is 11.6 Å². The third-order valence-corrected chi connectivity index (χ3v) is 2.21. The van der Waals surface area contributed by atoms with Crippen LogP contribution in [-0.4, -0.2) is 6.61 Å². The van der Waals surface area contributed by atoms with Crippen LogP contribution in [-0.2, 0) is 6.54 Å². The van der Waals surface area contributed by atoms with Crippen LogP contribution in [0.1, 0.15) is 25.3 Å². The van der Waals surface area contributed by atoms with E-state index in [1.54, 1.807) is 18.2 Å². The van der Waals surface area contributed by atoms with Crippen molar-refractivity contribution in [1.29, 1.82) is 0 Å². The van der Waals surface area contributed by atoms with Gasteiger partial charge >= 0.3 is 0 Å². The van der Waals surface area contributed by atoms with Gasteiger partial charge in [-0.25, -0.2) is 4.39 Å². The Bertz CT molecular complexity index is 350. The normalized spacial score (nSPS) is 10.9. The zero-order valence-electron chi connectivity index (χ0n) is 9.58. The lowest BCUT2D eigenvalue weighted by atomic mass is 10.2. The maximum absolute atomic E-state index is 13.6. The summed E-state index contributed by atoms with van der Waals surface area (Å²) in [4.78, 5) is 0. The molecule has 1 aromatic rings. The molecule has 0 spiro atoms. The molecule has 3 heteroatoms. The molecule has 0 aliphatic carbocycles. The average molecular weight is 223 g/mol. The summed E-state index contributed by atoms with van der Waals surface area (Å²) in [5, 5.41) is 0. The van der Waals surface area contributed by atoms with Crippen molar-refractivity contribution in [2.45, 2.75) is 26.3 Å². The molecule has 1 rings (SSSR count). The van der Waals surface area contributed by atoms with E-state index in [2.05, 4.69) is 13.0 Å². The molecule has 0 fully saturated rings. The van der Waals surface area contributed by atoms with Crippen molar-refractivity contribution < 1.29 is 9.13 Å². The highest BCUT2D eigenvalue weighted by atomic mass is 19.1. The van der Waals surface area contributed by atoms with Crippen molar-refractivity contribution in [3.8, 4) is 5.75 Å². The average Bonchev–Trinajstić information content (AvgIpc) is 2.31. The van der Waals surface area contributed by atoms with E-state index in [0.717, 1.165) is 12.8 Å². The van der Waals surface area contributed by atoms with Crippen molar-refractivity contribution in [2.24, 2.45) is 5.73 Å². The number of nitrogens with two attached hydrogens (primary N) is 1.